The van der Waals surface area contributed by atoms with Crippen LogP contribution in [0.3, 0.4) is 0 Å². The van der Waals surface area contributed by atoms with Crippen molar-refractivity contribution in [3.63, 3.8) is 0 Å². The lowest BCUT2D eigenvalue weighted by Crippen LogP contribution is -2.68. The Morgan fingerprint density at radius 3 is 2.44 bits per heavy atom. The van der Waals surface area contributed by atoms with Crippen LogP contribution in [-0.4, -0.2) is 67.1 Å². The Kier molecular flexibility index (Phi) is 7.56. The number of fused-ring (bicyclic) bond motifs is 4. The van der Waals surface area contributed by atoms with E-state index in [0.29, 0.717) is 18.4 Å². The van der Waals surface area contributed by atoms with Gasteiger partial charge < -0.3 is 39.7 Å². The first-order valence-electron chi connectivity index (χ1n) is 13.8. The minimum atomic E-state index is -1.28. The Bertz CT molecular complexity index is 1150. The fourth-order valence-electron chi connectivity index (χ4n) is 7.23. The molecule has 1 aliphatic carbocycles. The molecule has 39 heavy (non-hydrogen) atoms. The Morgan fingerprint density at radius 1 is 1.23 bits per heavy atom. The number of aromatic hydroxyl groups is 2. The number of allylic oxidation sites excluding steroid dienone is 1. The van der Waals surface area contributed by atoms with Gasteiger partial charge in [0.2, 0.25) is 0 Å². The average Bonchev–Trinajstić information content (AvgIpc) is 2.83. The lowest BCUT2D eigenvalue weighted by Gasteiger charge is -2.62. The van der Waals surface area contributed by atoms with Crippen molar-refractivity contribution in [3.05, 3.63) is 28.8 Å². The number of esters is 1. The first-order valence-corrected chi connectivity index (χ1v) is 13.8. The Labute approximate surface area is 230 Å². The van der Waals surface area contributed by atoms with Crippen molar-refractivity contribution in [2.24, 2.45) is 11.3 Å². The Balaban J connectivity index is 1.78. The maximum Gasteiger partial charge on any atom is 0.303 e. The Hall–Kier alpha value is -2.33. The quantitative estimate of drug-likeness (QED) is 0.209. The summed E-state index contributed by atoms with van der Waals surface area (Å²) in [5.74, 6) is -2.18. The number of ether oxygens (including phenoxy) is 3. The SMILES string of the molecule is CC=C(C)[C@@H](OC(C)=O)[C@@H](C)c1cc(O)c2c(c1O)O[C@]1(C)CC[C@H]3O[C@@H](C(C)(C)O)C[C@@H](O)[C@]3(C)[C@H]1[C@@H]2O. The molecule has 0 unspecified atom stereocenters. The van der Waals surface area contributed by atoms with E-state index in [1.807, 2.05) is 33.8 Å². The highest BCUT2D eigenvalue weighted by Gasteiger charge is 2.66. The van der Waals surface area contributed by atoms with E-state index in [0.717, 1.165) is 5.57 Å². The smallest absolute Gasteiger partial charge is 0.303 e. The first-order chi connectivity index (χ1) is 18.0. The van der Waals surface area contributed by atoms with Gasteiger partial charge in [0.25, 0.3) is 0 Å². The number of carbonyl (C=O) groups is 1. The molecule has 3 aliphatic rings. The molecule has 0 radical (unpaired) electrons. The molecule has 0 aromatic heterocycles. The summed E-state index contributed by atoms with van der Waals surface area (Å²) in [5, 5.41) is 56.5. The summed E-state index contributed by atoms with van der Waals surface area (Å²) >= 11 is 0. The van der Waals surface area contributed by atoms with Gasteiger partial charge in [-0.15, -0.1) is 0 Å². The molecule has 5 N–H and O–H groups in total. The summed E-state index contributed by atoms with van der Waals surface area (Å²) in [6, 6.07) is 1.38. The van der Waals surface area contributed by atoms with E-state index >= 15 is 0 Å². The van der Waals surface area contributed by atoms with E-state index in [9.17, 15) is 30.3 Å². The van der Waals surface area contributed by atoms with Crippen molar-refractivity contribution in [3.8, 4) is 17.2 Å². The van der Waals surface area contributed by atoms with Gasteiger partial charge in [-0.3, -0.25) is 4.79 Å². The number of phenols is 2. The molecule has 1 aromatic rings. The molecule has 0 amide bonds. The molecule has 2 fully saturated rings. The number of hydrogen-bond donors (Lipinski definition) is 5. The molecule has 9 heteroatoms. The summed E-state index contributed by atoms with van der Waals surface area (Å²) in [6.07, 6.45) is -0.945. The van der Waals surface area contributed by atoms with Crippen molar-refractivity contribution in [2.75, 3.05) is 0 Å². The minimum Gasteiger partial charge on any atom is -0.507 e. The van der Waals surface area contributed by atoms with Crippen LogP contribution >= 0.6 is 0 Å². The van der Waals surface area contributed by atoms with Gasteiger partial charge in [-0.05, 0) is 59.1 Å². The summed E-state index contributed by atoms with van der Waals surface area (Å²) in [6.45, 7) is 13.8. The second kappa shape index (κ2) is 9.94. The van der Waals surface area contributed by atoms with Crippen LogP contribution < -0.4 is 4.74 Å². The van der Waals surface area contributed by atoms with Gasteiger partial charge in [-0.1, -0.05) is 19.9 Å². The second-order valence-corrected chi connectivity index (χ2v) is 12.7. The van der Waals surface area contributed by atoms with Gasteiger partial charge in [0.05, 0.1) is 35.6 Å². The maximum absolute atomic E-state index is 11.8. The van der Waals surface area contributed by atoms with Crippen molar-refractivity contribution in [1.82, 2.24) is 0 Å². The van der Waals surface area contributed by atoms with Crippen LogP contribution in [0, 0.1) is 11.3 Å². The predicted molar refractivity (Wildman–Crippen MR) is 144 cm³/mol. The summed E-state index contributed by atoms with van der Waals surface area (Å²) in [5.41, 5.74) is -1.95. The molecule has 4 rings (SSSR count). The molecule has 2 aliphatic heterocycles. The van der Waals surface area contributed by atoms with Crippen LogP contribution in [0.15, 0.2) is 17.7 Å². The third-order valence-corrected chi connectivity index (χ3v) is 9.59. The number of aliphatic hydroxyl groups excluding tert-OH is 2. The van der Waals surface area contributed by atoms with Crippen molar-refractivity contribution in [1.29, 1.82) is 0 Å². The van der Waals surface area contributed by atoms with Gasteiger partial charge >= 0.3 is 5.97 Å². The zero-order valence-corrected chi connectivity index (χ0v) is 24.2. The van der Waals surface area contributed by atoms with E-state index < -0.39 is 64.9 Å². The van der Waals surface area contributed by atoms with Gasteiger partial charge in [0.15, 0.2) is 11.5 Å². The fraction of sp³-hybridized carbons (Fsp3) is 0.700. The van der Waals surface area contributed by atoms with Crippen LogP contribution in [0.2, 0.25) is 0 Å². The zero-order chi connectivity index (χ0) is 29.2. The highest BCUT2D eigenvalue weighted by molar-refractivity contribution is 5.67. The molecule has 9 atom stereocenters. The highest BCUT2D eigenvalue weighted by Crippen LogP contribution is 2.64. The van der Waals surface area contributed by atoms with Crippen LogP contribution in [-0.2, 0) is 14.3 Å². The second-order valence-electron chi connectivity index (χ2n) is 12.7. The molecule has 0 spiro atoms. The molecule has 2 heterocycles. The van der Waals surface area contributed by atoms with Crippen molar-refractivity contribution in [2.45, 2.75) is 122 Å². The van der Waals surface area contributed by atoms with Gasteiger partial charge in [-0.2, -0.15) is 0 Å². The normalized spacial score (nSPS) is 36.1. The monoisotopic (exact) mass is 548 g/mol. The average molecular weight is 549 g/mol. The molecular formula is C30H44O9. The number of aliphatic hydroxyl groups is 3. The van der Waals surface area contributed by atoms with Crippen LogP contribution in [0.1, 0.15) is 97.8 Å². The number of rotatable bonds is 5. The number of benzene rings is 1. The Morgan fingerprint density at radius 2 is 1.87 bits per heavy atom. The van der Waals surface area contributed by atoms with Crippen molar-refractivity contribution >= 4 is 5.97 Å². The molecule has 0 bridgehead atoms. The van der Waals surface area contributed by atoms with E-state index in [4.69, 9.17) is 14.2 Å². The van der Waals surface area contributed by atoms with Gasteiger partial charge in [0, 0.05) is 36.2 Å². The van der Waals surface area contributed by atoms with Crippen molar-refractivity contribution < 1.29 is 44.5 Å². The van der Waals surface area contributed by atoms with Gasteiger partial charge in [0.1, 0.15) is 17.5 Å². The lowest BCUT2D eigenvalue weighted by atomic mass is 9.52. The first kappa shape index (κ1) is 29.6. The molecule has 9 nitrogen and oxygen atoms in total. The summed E-state index contributed by atoms with van der Waals surface area (Å²) in [4.78, 5) is 11.8. The third kappa shape index (κ3) is 4.71. The van der Waals surface area contributed by atoms with Crippen LogP contribution in [0.5, 0.6) is 17.2 Å². The standard InChI is InChI=1S/C30H44O9/c1-9-14(2)25(37-16(4)31)15(3)17-12-18(32)22-24(35)27-29(7,39-26(22)23(17)34)11-10-20-30(27,8)19(33)13-21(38-20)28(5,6)36/h9,12,15,19-21,24-25,27,32-36H,10-11,13H2,1-8H3/t15-,19+,20+,21+,24+,25+,27-,29+,30-/m0/s1. The fourth-order valence-corrected chi connectivity index (χ4v) is 7.23. The number of phenolic OH excluding ortho intramolecular Hbond substituents is 2. The van der Waals surface area contributed by atoms with Crippen LogP contribution in [0.4, 0.5) is 0 Å². The van der Waals surface area contributed by atoms with E-state index in [1.165, 1.54) is 13.0 Å². The molecule has 1 saturated carbocycles. The number of carbonyl (C=O) groups excluding carboxylic acids is 1. The van der Waals surface area contributed by atoms with E-state index in [2.05, 4.69) is 0 Å². The molecule has 1 aromatic carbocycles. The minimum absolute atomic E-state index is 0.00885. The summed E-state index contributed by atoms with van der Waals surface area (Å²) < 4.78 is 18.4. The predicted octanol–water partition coefficient (Wildman–Crippen LogP) is 3.99. The maximum atomic E-state index is 11.8. The van der Waals surface area contributed by atoms with Crippen LogP contribution in [0.25, 0.3) is 0 Å². The van der Waals surface area contributed by atoms with Gasteiger partial charge in [-0.25, -0.2) is 0 Å². The largest absolute Gasteiger partial charge is 0.507 e. The summed E-state index contributed by atoms with van der Waals surface area (Å²) in [7, 11) is 0. The molecule has 218 valence electrons. The lowest BCUT2D eigenvalue weighted by molar-refractivity contribution is -0.289. The zero-order valence-electron chi connectivity index (χ0n) is 24.2. The topological polar surface area (TPSA) is 146 Å². The third-order valence-electron chi connectivity index (χ3n) is 9.59. The molecule has 1 saturated heterocycles. The van der Waals surface area contributed by atoms with E-state index in [-0.39, 0.29) is 29.2 Å². The molecular weight excluding hydrogens is 504 g/mol. The highest BCUT2D eigenvalue weighted by atomic mass is 16.5. The van der Waals surface area contributed by atoms with E-state index in [1.54, 1.807) is 20.8 Å². The number of hydrogen-bond acceptors (Lipinski definition) is 9.